The van der Waals surface area contributed by atoms with Crippen LogP contribution in [0.1, 0.15) is 0 Å². The third kappa shape index (κ3) is 1.78. The van der Waals surface area contributed by atoms with Crippen molar-refractivity contribution in [2.24, 2.45) is 0 Å². The molecule has 0 saturated heterocycles. The van der Waals surface area contributed by atoms with Crippen LogP contribution in [-0.4, -0.2) is 0 Å². The fourth-order valence-corrected chi connectivity index (χ4v) is 3.00. The molecule has 1 heterocycles. The molecular formula is C12H4Cl4O. The van der Waals surface area contributed by atoms with Gasteiger partial charge in [0.1, 0.15) is 11.2 Å². The van der Waals surface area contributed by atoms with Crippen LogP contribution in [0, 0.1) is 0 Å². The van der Waals surface area contributed by atoms with E-state index >= 15 is 0 Å². The topological polar surface area (TPSA) is 13.1 Å². The Hall–Kier alpha value is -0.600. The maximum atomic E-state index is 6.16. The van der Waals surface area contributed by atoms with Gasteiger partial charge < -0.3 is 4.42 Å². The smallest absolute Gasteiger partial charge is 0.138 e. The maximum Gasteiger partial charge on any atom is 0.138 e. The second-order valence-electron chi connectivity index (χ2n) is 3.62. The Kier molecular flexibility index (Phi) is 2.68. The monoisotopic (exact) mass is 304 g/mol. The summed E-state index contributed by atoms with van der Waals surface area (Å²) in [5.41, 5.74) is 1.20. The summed E-state index contributed by atoms with van der Waals surface area (Å²) in [5, 5.41) is 3.57. The first-order valence-corrected chi connectivity index (χ1v) is 6.24. The van der Waals surface area contributed by atoms with Crippen molar-refractivity contribution < 1.29 is 4.42 Å². The summed E-state index contributed by atoms with van der Waals surface area (Å²) >= 11 is 24.2. The Morgan fingerprint density at radius 3 is 1.47 bits per heavy atom. The summed E-state index contributed by atoms with van der Waals surface area (Å²) in [6.45, 7) is 0. The number of benzene rings is 2. The van der Waals surface area contributed by atoms with Gasteiger partial charge in [-0.15, -0.1) is 0 Å². The molecule has 17 heavy (non-hydrogen) atoms. The van der Waals surface area contributed by atoms with Crippen molar-refractivity contribution in [3.8, 4) is 0 Å². The average Bonchev–Trinajstić information content (AvgIpc) is 2.55. The fraction of sp³-hybridized carbons (Fsp3) is 0. The summed E-state index contributed by atoms with van der Waals surface area (Å²) in [7, 11) is 0. The van der Waals surface area contributed by atoms with E-state index in [1.807, 2.05) is 0 Å². The number of hydrogen-bond donors (Lipinski definition) is 0. The predicted molar refractivity (Wildman–Crippen MR) is 73.8 cm³/mol. The van der Waals surface area contributed by atoms with E-state index in [2.05, 4.69) is 0 Å². The molecule has 86 valence electrons. The fourth-order valence-electron chi connectivity index (χ4n) is 1.86. The van der Waals surface area contributed by atoms with Gasteiger partial charge in [-0.25, -0.2) is 0 Å². The zero-order valence-electron chi connectivity index (χ0n) is 8.23. The van der Waals surface area contributed by atoms with E-state index in [0.717, 1.165) is 10.8 Å². The standard InChI is InChI=1S/C12H4Cl4O/c13-5-1-7(15)11-9(3-5)17-10-4-6(14)2-8(16)12(10)11/h1-4H. The van der Waals surface area contributed by atoms with Gasteiger partial charge in [0.15, 0.2) is 0 Å². The highest BCUT2D eigenvalue weighted by Crippen LogP contribution is 2.40. The van der Waals surface area contributed by atoms with Crippen LogP contribution < -0.4 is 0 Å². The molecule has 3 rings (SSSR count). The molecule has 0 fully saturated rings. The molecule has 0 saturated carbocycles. The molecule has 0 bridgehead atoms. The summed E-state index contributed by atoms with van der Waals surface area (Å²) < 4.78 is 5.64. The van der Waals surface area contributed by atoms with Gasteiger partial charge in [-0.3, -0.25) is 0 Å². The van der Waals surface area contributed by atoms with E-state index in [9.17, 15) is 0 Å². The Bertz CT molecular complexity index is 683. The molecule has 0 spiro atoms. The molecule has 0 aliphatic rings. The number of furan rings is 1. The molecule has 0 radical (unpaired) electrons. The highest BCUT2D eigenvalue weighted by Gasteiger charge is 2.15. The van der Waals surface area contributed by atoms with E-state index in [0.29, 0.717) is 31.3 Å². The van der Waals surface area contributed by atoms with Crippen molar-refractivity contribution in [2.75, 3.05) is 0 Å². The minimum absolute atomic E-state index is 0.510. The van der Waals surface area contributed by atoms with Gasteiger partial charge in [-0.05, 0) is 12.1 Å². The molecule has 0 unspecified atom stereocenters. The lowest BCUT2D eigenvalue weighted by atomic mass is 10.1. The molecule has 0 atom stereocenters. The summed E-state index contributed by atoms with van der Waals surface area (Å²) in [6.07, 6.45) is 0. The lowest BCUT2D eigenvalue weighted by molar-refractivity contribution is 0.669. The predicted octanol–water partition coefficient (Wildman–Crippen LogP) is 6.20. The first kappa shape index (κ1) is 11.5. The molecule has 5 heteroatoms. The van der Waals surface area contributed by atoms with Gasteiger partial charge in [0.05, 0.1) is 10.0 Å². The van der Waals surface area contributed by atoms with Crippen LogP contribution in [-0.2, 0) is 0 Å². The van der Waals surface area contributed by atoms with E-state index in [4.69, 9.17) is 50.8 Å². The SMILES string of the molecule is Clc1cc(Cl)c2c(c1)oc1cc(Cl)cc(Cl)c12. The molecule has 0 aliphatic heterocycles. The lowest BCUT2D eigenvalue weighted by Crippen LogP contribution is -1.73. The molecule has 1 aromatic heterocycles. The van der Waals surface area contributed by atoms with Crippen LogP contribution in [0.5, 0.6) is 0 Å². The summed E-state index contributed by atoms with van der Waals surface area (Å²) in [5.74, 6) is 0. The molecule has 2 aromatic carbocycles. The maximum absolute atomic E-state index is 6.16. The number of fused-ring (bicyclic) bond motifs is 3. The van der Waals surface area contributed by atoms with E-state index in [1.54, 1.807) is 24.3 Å². The quantitative estimate of drug-likeness (QED) is 0.482. The second kappa shape index (κ2) is 3.96. The van der Waals surface area contributed by atoms with Gasteiger partial charge in [-0.2, -0.15) is 0 Å². The van der Waals surface area contributed by atoms with Crippen LogP contribution in [0.4, 0.5) is 0 Å². The van der Waals surface area contributed by atoms with Crippen molar-refractivity contribution in [3.63, 3.8) is 0 Å². The van der Waals surface area contributed by atoms with Crippen LogP contribution in [0.2, 0.25) is 20.1 Å². The van der Waals surface area contributed by atoms with Crippen LogP contribution in [0.15, 0.2) is 28.7 Å². The first-order valence-electron chi connectivity index (χ1n) is 4.72. The van der Waals surface area contributed by atoms with Crippen molar-refractivity contribution >= 4 is 68.3 Å². The molecular weight excluding hydrogens is 302 g/mol. The zero-order valence-corrected chi connectivity index (χ0v) is 11.3. The van der Waals surface area contributed by atoms with E-state index in [1.165, 1.54) is 0 Å². The van der Waals surface area contributed by atoms with Crippen LogP contribution in [0.3, 0.4) is 0 Å². The summed E-state index contributed by atoms with van der Waals surface area (Å²) in [6, 6.07) is 6.72. The van der Waals surface area contributed by atoms with Gasteiger partial charge >= 0.3 is 0 Å². The van der Waals surface area contributed by atoms with E-state index in [-0.39, 0.29) is 0 Å². The van der Waals surface area contributed by atoms with Crippen LogP contribution in [0.25, 0.3) is 21.9 Å². The Balaban J connectivity index is 2.60. The molecule has 0 N–H and O–H groups in total. The minimum Gasteiger partial charge on any atom is -0.456 e. The molecule has 0 amide bonds. The highest BCUT2D eigenvalue weighted by molar-refractivity contribution is 6.44. The third-order valence-electron chi connectivity index (χ3n) is 2.51. The lowest BCUT2D eigenvalue weighted by Gasteiger charge is -1.97. The van der Waals surface area contributed by atoms with Crippen molar-refractivity contribution in [2.45, 2.75) is 0 Å². The van der Waals surface area contributed by atoms with Gasteiger partial charge in [0.25, 0.3) is 0 Å². The molecule has 0 aliphatic carbocycles. The Morgan fingerprint density at radius 2 is 1.06 bits per heavy atom. The highest BCUT2D eigenvalue weighted by atomic mass is 35.5. The number of hydrogen-bond acceptors (Lipinski definition) is 1. The van der Waals surface area contributed by atoms with E-state index < -0.39 is 0 Å². The largest absolute Gasteiger partial charge is 0.456 e. The van der Waals surface area contributed by atoms with Crippen molar-refractivity contribution in [1.82, 2.24) is 0 Å². The Labute approximate surface area is 117 Å². The van der Waals surface area contributed by atoms with Gasteiger partial charge in [0, 0.05) is 33.0 Å². The average molecular weight is 306 g/mol. The van der Waals surface area contributed by atoms with Gasteiger partial charge in [0.2, 0.25) is 0 Å². The van der Waals surface area contributed by atoms with Gasteiger partial charge in [-0.1, -0.05) is 46.4 Å². The minimum atomic E-state index is 0.510. The Morgan fingerprint density at radius 1 is 0.647 bits per heavy atom. The third-order valence-corrected chi connectivity index (χ3v) is 3.54. The second-order valence-corrected chi connectivity index (χ2v) is 5.31. The molecule has 3 aromatic rings. The molecule has 1 nitrogen and oxygen atoms in total. The zero-order chi connectivity index (χ0) is 12.2. The number of rotatable bonds is 0. The summed E-state index contributed by atoms with van der Waals surface area (Å²) in [4.78, 5) is 0. The normalized spacial score (nSPS) is 11.5. The van der Waals surface area contributed by atoms with Crippen LogP contribution >= 0.6 is 46.4 Å². The van der Waals surface area contributed by atoms with Crippen molar-refractivity contribution in [3.05, 3.63) is 44.4 Å². The van der Waals surface area contributed by atoms with Crippen molar-refractivity contribution in [1.29, 1.82) is 0 Å². The first-order chi connectivity index (χ1) is 8.06. The number of halogens is 4.